The molecule has 25 heavy (non-hydrogen) atoms. The normalized spacial score (nSPS) is 11.5. The number of benzene rings is 2. The van der Waals surface area contributed by atoms with E-state index >= 15 is 0 Å². The maximum Gasteiger partial charge on any atom is 0.418 e. The topological polar surface area (TPSA) is 62.0 Å². The zero-order valence-electron chi connectivity index (χ0n) is 13.1. The van der Waals surface area contributed by atoms with Crippen molar-refractivity contribution in [1.82, 2.24) is 4.98 Å². The number of pyridine rings is 1. The third-order valence-electron chi connectivity index (χ3n) is 3.71. The summed E-state index contributed by atoms with van der Waals surface area (Å²) in [4.78, 5) is 27.3. The third-order valence-corrected chi connectivity index (χ3v) is 3.71. The molecule has 1 heterocycles. The van der Waals surface area contributed by atoms with Crippen LogP contribution < -0.4 is 10.7 Å². The molecule has 1 amide bonds. The average molecular weight is 346 g/mol. The molecule has 0 aliphatic carbocycles. The largest absolute Gasteiger partial charge is 0.418 e. The van der Waals surface area contributed by atoms with E-state index in [1.165, 1.54) is 36.4 Å². The highest BCUT2D eigenvalue weighted by atomic mass is 19.4. The van der Waals surface area contributed by atoms with Crippen molar-refractivity contribution in [2.45, 2.75) is 13.1 Å². The quantitative estimate of drug-likeness (QED) is 0.734. The number of para-hydroxylation sites is 1. The van der Waals surface area contributed by atoms with E-state index in [4.69, 9.17) is 0 Å². The Morgan fingerprint density at radius 1 is 1.08 bits per heavy atom. The lowest BCUT2D eigenvalue weighted by Gasteiger charge is -2.13. The van der Waals surface area contributed by atoms with Gasteiger partial charge < -0.3 is 10.3 Å². The highest BCUT2D eigenvalue weighted by molar-refractivity contribution is 6.06. The Hall–Kier alpha value is -3.09. The molecule has 0 saturated carbocycles. The number of aromatic nitrogens is 1. The van der Waals surface area contributed by atoms with Gasteiger partial charge in [0.1, 0.15) is 0 Å². The van der Waals surface area contributed by atoms with Crippen LogP contribution in [0.1, 0.15) is 21.6 Å². The van der Waals surface area contributed by atoms with Gasteiger partial charge in [-0.3, -0.25) is 9.59 Å². The fourth-order valence-electron chi connectivity index (χ4n) is 2.56. The molecule has 0 atom stereocenters. The first kappa shape index (κ1) is 16.8. The molecule has 0 aliphatic heterocycles. The standard InChI is InChI=1S/C18H13F3N2O2/c1-10-8-16(24)12-9-11(6-7-14(12)22-10)17(25)23-15-5-3-2-4-13(15)18(19,20)21/h2-9H,1H3,(H,22,24)(H,23,25). The van der Waals surface area contributed by atoms with Crippen molar-refractivity contribution >= 4 is 22.5 Å². The molecule has 0 aliphatic rings. The summed E-state index contributed by atoms with van der Waals surface area (Å²) in [5.74, 6) is -0.724. The molecular formula is C18H13F3N2O2. The number of carbonyl (C=O) groups excluding carboxylic acids is 1. The SMILES string of the molecule is Cc1cc(=O)c2cc(C(=O)Nc3ccccc3C(F)(F)F)ccc2[nH]1. The second-order valence-electron chi connectivity index (χ2n) is 5.57. The molecule has 128 valence electrons. The van der Waals surface area contributed by atoms with Crippen LogP contribution in [0.2, 0.25) is 0 Å². The maximum atomic E-state index is 13.0. The van der Waals surface area contributed by atoms with Gasteiger partial charge in [0.25, 0.3) is 5.91 Å². The number of fused-ring (bicyclic) bond motifs is 1. The van der Waals surface area contributed by atoms with Gasteiger partial charge in [-0.25, -0.2) is 0 Å². The Morgan fingerprint density at radius 3 is 2.52 bits per heavy atom. The number of amides is 1. The van der Waals surface area contributed by atoms with Crippen molar-refractivity contribution in [1.29, 1.82) is 0 Å². The summed E-state index contributed by atoms with van der Waals surface area (Å²) in [5.41, 5.74) is -0.211. The van der Waals surface area contributed by atoms with Crippen LogP contribution in [0.25, 0.3) is 10.9 Å². The summed E-state index contributed by atoms with van der Waals surface area (Å²) in [7, 11) is 0. The first-order chi connectivity index (χ1) is 11.8. The number of halogens is 3. The summed E-state index contributed by atoms with van der Waals surface area (Å²) in [5, 5.41) is 2.55. The van der Waals surface area contributed by atoms with Gasteiger partial charge in [0.15, 0.2) is 5.43 Å². The molecule has 0 radical (unpaired) electrons. The Kier molecular flexibility index (Phi) is 4.08. The highest BCUT2D eigenvalue weighted by Gasteiger charge is 2.33. The zero-order valence-corrected chi connectivity index (χ0v) is 13.1. The summed E-state index contributed by atoms with van der Waals surface area (Å²) in [6, 6.07) is 10.5. The molecule has 3 aromatic rings. The Morgan fingerprint density at radius 2 is 1.80 bits per heavy atom. The van der Waals surface area contributed by atoms with Crippen molar-refractivity contribution in [2.75, 3.05) is 5.32 Å². The first-order valence-corrected chi connectivity index (χ1v) is 7.37. The van der Waals surface area contributed by atoms with Gasteiger partial charge in [0.05, 0.1) is 11.3 Å². The lowest BCUT2D eigenvalue weighted by atomic mass is 10.1. The van der Waals surface area contributed by atoms with Gasteiger partial charge in [-0.15, -0.1) is 0 Å². The van der Waals surface area contributed by atoms with Gasteiger partial charge >= 0.3 is 6.18 Å². The average Bonchev–Trinajstić information content (AvgIpc) is 2.54. The summed E-state index contributed by atoms with van der Waals surface area (Å²) in [6.45, 7) is 1.73. The number of carbonyl (C=O) groups is 1. The molecule has 1 aromatic heterocycles. The van der Waals surface area contributed by atoms with E-state index in [2.05, 4.69) is 10.3 Å². The Balaban J connectivity index is 1.98. The molecule has 0 saturated heterocycles. The van der Waals surface area contributed by atoms with E-state index in [9.17, 15) is 22.8 Å². The molecule has 2 aromatic carbocycles. The number of H-pyrrole nitrogens is 1. The van der Waals surface area contributed by atoms with Crippen molar-refractivity contribution in [3.8, 4) is 0 Å². The van der Waals surface area contributed by atoms with Crippen LogP contribution in [-0.2, 0) is 6.18 Å². The number of hydrogen-bond acceptors (Lipinski definition) is 2. The number of anilines is 1. The third kappa shape index (κ3) is 3.40. The minimum Gasteiger partial charge on any atom is -0.358 e. The van der Waals surface area contributed by atoms with Gasteiger partial charge in [-0.1, -0.05) is 12.1 Å². The van der Waals surface area contributed by atoms with Crippen LogP contribution in [-0.4, -0.2) is 10.9 Å². The number of nitrogens with one attached hydrogen (secondary N) is 2. The van der Waals surface area contributed by atoms with Gasteiger partial charge in [0.2, 0.25) is 0 Å². The van der Waals surface area contributed by atoms with E-state index in [1.54, 1.807) is 13.0 Å². The molecule has 4 nitrogen and oxygen atoms in total. The predicted molar refractivity (Wildman–Crippen MR) is 88.7 cm³/mol. The minimum atomic E-state index is -4.58. The second kappa shape index (κ2) is 6.08. The van der Waals surface area contributed by atoms with E-state index in [-0.39, 0.29) is 16.7 Å². The molecule has 0 fully saturated rings. The molecule has 0 bridgehead atoms. The fourth-order valence-corrected chi connectivity index (χ4v) is 2.56. The van der Waals surface area contributed by atoms with Crippen molar-refractivity contribution < 1.29 is 18.0 Å². The van der Waals surface area contributed by atoms with Gasteiger partial charge in [-0.05, 0) is 37.3 Å². The minimum absolute atomic E-state index is 0.0961. The van der Waals surface area contributed by atoms with E-state index in [0.29, 0.717) is 16.6 Å². The first-order valence-electron chi connectivity index (χ1n) is 7.37. The Bertz CT molecular complexity index is 1020. The summed E-state index contributed by atoms with van der Waals surface area (Å²) < 4.78 is 39.0. The maximum absolute atomic E-state index is 13.0. The molecule has 7 heteroatoms. The van der Waals surface area contributed by atoms with Crippen LogP contribution in [0.4, 0.5) is 18.9 Å². The van der Waals surface area contributed by atoms with Crippen LogP contribution in [0.3, 0.4) is 0 Å². The summed E-state index contributed by atoms with van der Waals surface area (Å²) >= 11 is 0. The lowest BCUT2D eigenvalue weighted by Crippen LogP contribution is -2.17. The highest BCUT2D eigenvalue weighted by Crippen LogP contribution is 2.34. The van der Waals surface area contributed by atoms with Crippen molar-refractivity contribution in [3.63, 3.8) is 0 Å². The zero-order chi connectivity index (χ0) is 18.2. The molecular weight excluding hydrogens is 333 g/mol. The predicted octanol–water partition coefficient (Wildman–Crippen LogP) is 4.11. The molecule has 3 rings (SSSR count). The van der Waals surface area contributed by atoms with Crippen molar-refractivity contribution in [3.05, 3.63) is 75.6 Å². The van der Waals surface area contributed by atoms with Crippen LogP contribution in [0.15, 0.2) is 53.3 Å². The van der Waals surface area contributed by atoms with E-state index in [1.807, 2.05) is 0 Å². The fraction of sp³-hybridized carbons (Fsp3) is 0.111. The van der Waals surface area contributed by atoms with Gasteiger partial charge in [0, 0.05) is 28.2 Å². The number of alkyl halides is 3. The molecule has 0 unspecified atom stereocenters. The van der Waals surface area contributed by atoms with Crippen LogP contribution in [0, 0.1) is 6.92 Å². The second-order valence-corrected chi connectivity index (χ2v) is 5.57. The monoisotopic (exact) mass is 346 g/mol. The number of rotatable bonds is 2. The number of hydrogen-bond donors (Lipinski definition) is 2. The van der Waals surface area contributed by atoms with Crippen molar-refractivity contribution in [2.24, 2.45) is 0 Å². The van der Waals surface area contributed by atoms with Crippen LogP contribution in [0.5, 0.6) is 0 Å². The van der Waals surface area contributed by atoms with Crippen LogP contribution >= 0.6 is 0 Å². The van der Waals surface area contributed by atoms with Gasteiger partial charge in [-0.2, -0.15) is 13.2 Å². The van der Waals surface area contributed by atoms with E-state index in [0.717, 1.165) is 6.07 Å². The smallest absolute Gasteiger partial charge is 0.358 e. The lowest BCUT2D eigenvalue weighted by molar-refractivity contribution is -0.136. The number of aromatic amines is 1. The van der Waals surface area contributed by atoms with E-state index < -0.39 is 17.6 Å². The Labute approximate surface area is 140 Å². The molecule has 0 spiro atoms. The number of aryl methyl sites for hydroxylation is 1. The summed E-state index contributed by atoms with van der Waals surface area (Å²) in [6.07, 6.45) is -4.58. The molecule has 2 N–H and O–H groups in total.